The maximum Gasteiger partial charge on any atom is 0.319 e. The lowest BCUT2D eigenvalue weighted by molar-refractivity contribution is 0.251. The summed E-state index contributed by atoms with van der Waals surface area (Å²) in [5.41, 5.74) is 4.18. The van der Waals surface area contributed by atoms with Crippen LogP contribution in [0.3, 0.4) is 0 Å². The third-order valence-corrected chi connectivity index (χ3v) is 4.37. The normalized spacial score (nSPS) is 10.7. The quantitative estimate of drug-likeness (QED) is 0.761. The number of hydrogen-bond acceptors (Lipinski definition) is 2. The molecular formula is C19H24BrN3O. The van der Waals surface area contributed by atoms with Crippen molar-refractivity contribution in [2.45, 2.75) is 26.9 Å². The third-order valence-electron chi connectivity index (χ3n) is 3.87. The van der Waals surface area contributed by atoms with Gasteiger partial charge in [-0.15, -0.1) is 0 Å². The van der Waals surface area contributed by atoms with Gasteiger partial charge in [0.15, 0.2) is 0 Å². The van der Waals surface area contributed by atoms with Gasteiger partial charge in [0.1, 0.15) is 0 Å². The lowest BCUT2D eigenvalue weighted by Crippen LogP contribution is -2.28. The highest BCUT2D eigenvalue weighted by atomic mass is 79.9. The number of hydrogen-bond donors (Lipinski definition) is 2. The molecule has 128 valence electrons. The van der Waals surface area contributed by atoms with E-state index < -0.39 is 0 Å². The highest BCUT2D eigenvalue weighted by Crippen LogP contribution is 2.19. The zero-order valence-electron chi connectivity index (χ0n) is 14.4. The summed E-state index contributed by atoms with van der Waals surface area (Å²) in [6.07, 6.45) is 0. The molecule has 0 unspecified atom stereocenters. The van der Waals surface area contributed by atoms with E-state index in [1.54, 1.807) is 0 Å². The number of carbonyl (C=O) groups excluding carboxylic acids is 1. The topological polar surface area (TPSA) is 44.4 Å². The number of benzene rings is 2. The van der Waals surface area contributed by atoms with Crippen molar-refractivity contribution in [1.29, 1.82) is 0 Å². The molecule has 0 heterocycles. The summed E-state index contributed by atoms with van der Waals surface area (Å²) in [5.74, 6) is 0. The van der Waals surface area contributed by atoms with Gasteiger partial charge < -0.3 is 15.5 Å². The molecule has 0 aliphatic carbocycles. The van der Waals surface area contributed by atoms with E-state index in [2.05, 4.69) is 57.6 Å². The second kappa shape index (κ2) is 8.85. The SMILES string of the molecule is CCN(C)Cc1cccc(CNC(=O)Nc2ccc(Br)cc2C)c1. The maximum atomic E-state index is 12.1. The van der Waals surface area contributed by atoms with Gasteiger partial charge in [0.2, 0.25) is 0 Å². The highest BCUT2D eigenvalue weighted by molar-refractivity contribution is 9.10. The highest BCUT2D eigenvalue weighted by Gasteiger charge is 2.05. The van der Waals surface area contributed by atoms with Crippen LogP contribution >= 0.6 is 15.9 Å². The smallest absolute Gasteiger partial charge is 0.319 e. The van der Waals surface area contributed by atoms with Gasteiger partial charge in [-0.2, -0.15) is 0 Å². The lowest BCUT2D eigenvalue weighted by atomic mass is 10.1. The van der Waals surface area contributed by atoms with Crippen molar-refractivity contribution in [3.05, 3.63) is 63.6 Å². The van der Waals surface area contributed by atoms with E-state index >= 15 is 0 Å². The van der Waals surface area contributed by atoms with E-state index in [1.807, 2.05) is 37.3 Å². The van der Waals surface area contributed by atoms with Crippen LogP contribution in [-0.4, -0.2) is 24.5 Å². The summed E-state index contributed by atoms with van der Waals surface area (Å²) in [6.45, 7) is 6.53. The van der Waals surface area contributed by atoms with Gasteiger partial charge in [0.05, 0.1) is 0 Å². The minimum atomic E-state index is -0.198. The van der Waals surface area contributed by atoms with Crippen molar-refractivity contribution < 1.29 is 4.79 Å². The molecule has 0 fully saturated rings. The second-order valence-corrected chi connectivity index (χ2v) is 6.83. The first-order valence-electron chi connectivity index (χ1n) is 8.05. The molecule has 0 spiro atoms. The fourth-order valence-electron chi connectivity index (χ4n) is 2.38. The Morgan fingerprint density at radius 3 is 2.62 bits per heavy atom. The molecule has 0 atom stereocenters. The Bertz CT molecular complexity index is 703. The maximum absolute atomic E-state index is 12.1. The summed E-state index contributed by atoms with van der Waals surface area (Å²) >= 11 is 3.42. The summed E-state index contributed by atoms with van der Waals surface area (Å²) in [7, 11) is 2.10. The van der Waals surface area contributed by atoms with Gasteiger partial charge in [-0.3, -0.25) is 0 Å². The van der Waals surface area contributed by atoms with Crippen molar-refractivity contribution in [1.82, 2.24) is 10.2 Å². The zero-order chi connectivity index (χ0) is 17.5. The average molecular weight is 390 g/mol. The van der Waals surface area contributed by atoms with Crippen LogP contribution in [0.2, 0.25) is 0 Å². The molecule has 0 radical (unpaired) electrons. The largest absolute Gasteiger partial charge is 0.334 e. The standard InChI is InChI=1S/C19H24BrN3O/c1-4-23(3)13-16-7-5-6-15(11-16)12-21-19(24)22-18-9-8-17(20)10-14(18)2/h5-11H,4,12-13H2,1-3H3,(H2,21,22,24). The molecule has 24 heavy (non-hydrogen) atoms. The number of nitrogens with zero attached hydrogens (tertiary/aromatic N) is 1. The van der Waals surface area contributed by atoms with E-state index in [9.17, 15) is 4.79 Å². The van der Waals surface area contributed by atoms with Gasteiger partial charge in [0.25, 0.3) is 0 Å². The Labute approximate surface area is 152 Å². The van der Waals surface area contributed by atoms with Crippen LogP contribution in [0.4, 0.5) is 10.5 Å². The Morgan fingerprint density at radius 1 is 1.17 bits per heavy atom. The third kappa shape index (κ3) is 5.65. The monoisotopic (exact) mass is 389 g/mol. The van der Waals surface area contributed by atoms with Crippen molar-refractivity contribution >= 4 is 27.6 Å². The fraction of sp³-hybridized carbons (Fsp3) is 0.316. The zero-order valence-corrected chi connectivity index (χ0v) is 16.0. The molecule has 0 bridgehead atoms. The Morgan fingerprint density at radius 2 is 1.92 bits per heavy atom. The molecule has 2 amide bonds. The number of halogens is 1. The van der Waals surface area contributed by atoms with Crippen molar-refractivity contribution in [2.24, 2.45) is 0 Å². The van der Waals surface area contributed by atoms with Crippen LogP contribution in [0.25, 0.3) is 0 Å². The average Bonchev–Trinajstić information content (AvgIpc) is 2.56. The lowest BCUT2D eigenvalue weighted by Gasteiger charge is -2.15. The van der Waals surface area contributed by atoms with Gasteiger partial charge >= 0.3 is 6.03 Å². The first-order valence-corrected chi connectivity index (χ1v) is 8.84. The number of carbonyl (C=O) groups is 1. The summed E-state index contributed by atoms with van der Waals surface area (Å²) in [6, 6.07) is 13.9. The van der Waals surface area contributed by atoms with E-state index in [-0.39, 0.29) is 6.03 Å². The van der Waals surface area contributed by atoms with Crippen LogP contribution in [0.1, 0.15) is 23.6 Å². The Hall–Kier alpha value is -1.85. The predicted octanol–water partition coefficient (Wildman–Crippen LogP) is 4.53. The van der Waals surface area contributed by atoms with Gasteiger partial charge in [-0.25, -0.2) is 4.79 Å². The fourth-order valence-corrected chi connectivity index (χ4v) is 2.85. The van der Waals surface area contributed by atoms with Crippen LogP contribution in [0, 0.1) is 6.92 Å². The van der Waals surface area contributed by atoms with E-state index in [1.165, 1.54) is 5.56 Å². The molecule has 2 aromatic rings. The number of urea groups is 1. The number of amides is 2. The molecule has 0 aliphatic rings. The predicted molar refractivity (Wildman–Crippen MR) is 103 cm³/mol. The number of rotatable bonds is 6. The molecule has 2 N–H and O–H groups in total. The molecule has 0 aliphatic heterocycles. The van der Waals surface area contributed by atoms with E-state index in [4.69, 9.17) is 0 Å². The van der Waals surface area contributed by atoms with Crippen LogP contribution in [0.5, 0.6) is 0 Å². The summed E-state index contributed by atoms with van der Waals surface area (Å²) < 4.78 is 1.000. The molecule has 0 saturated carbocycles. The van der Waals surface area contributed by atoms with Gasteiger partial charge in [-0.05, 0) is 55.4 Å². The molecule has 2 rings (SSSR count). The molecule has 2 aromatic carbocycles. The summed E-state index contributed by atoms with van der Waals surface area (Å²) in [4.78, 5) is 14.3. The van der Waals surface area contributed by atoms with Crippen molar-refractivity contribution in [3.8, 4) is 0 Å². The van der Waals surface area contributed by atoms with Crippen LogP contribution in [-0.2, 0) is 13.1 Å². The van der Waals surface area contributed by atoms with Gasteiger partial charge in [0, 0.05) is 23.2 Å². The molecule has 0 saturated heterocycles. The number of anilines is 1. The number of nitrogens with one attached hydrogen (secondary N) is 2. The Kier molecular flexibility index (Phi) is 6.82. The molecular weight excluding hydrogens is 366 g/mol. The number of aryl methyl sites for hydroxylation is 1. The molecule has 0 aromatic heterocycles. The van der Waals surface area contributed by atoms with E-state index in [0.717, 1.165) is 34.4 Å². The Balaban J connectivity index is 1.90. The van der Waals surface area contributed by atoms with Crippen LogP contribution in [0.15, 0.2) is 46.9 Å². The first-order chi connectivity index (χ1) is 11.5. The van der Waals surface area contributed by atoms with Crippen LogP contribution < -0.4 is 10.6 Å². The molecule has 5 heteroatoms. The van der Waals surface area contributed by atoms with E-state index in [0.29, 0.717) is 6.54 Å². The minimum absolute atomic E-state index is 0.198. The van der Waals surface area contributed by atoms with Crippen molar-refractivity contribution in [2.75, 3.05) is 18.9 Å². The van der Waals surface area contributed by atoms with Gasteiger partial charge in [-0.1, -0.05) is 47.1 Å². The first kappa shape index (κ1) is 18.5. The molecule has 4 nitrogen and oxygen atoms in total. The summed E-state index contributed by atoms with van der Waals surface area (Å²) in [5, 5.41) is 5.79. The van der Waals surface area contributed by atoms with Crippen molar-refractivity contribution in [3.63, 3.8) is 0 Å². The second-order valence-electron chi connectivity index (χ2n) is 5.92. The minimum Gasteiger partial charge on any atom is -0.334 e.